The third kappa shape index (κ3) is 3.10. The summed E-state index contributed by atoms with van der Waals surface area (Å²) >= 11 is 5.90. The van der Waals surface area contributed by atoms with Crippen molar-refractivity contribution in [2.45, 2.75) is 32.7 Å². The predicted molar refractivity (Wildman–Crippen MR) is 76.4 cm³/mol. The molecule has 1 aromatic carbocycles. The summed E-state index contributed by atoms with van der Waals surface area (Å²) in [5, 5.41) is 10.1. The number of piperidine rings is 1. The predicted octanol–water partition coefficient (Wildman–Crippen LogP) is 3.59. The second-order valence-electron chi connectivity index (χ2n) is 5.67. The van der Waals surface area contributed by atoms with Crippen LogP contribution in [0, 0.1) is 5.41 Å². The molecular formula is C15H20ClNO2. The van der Waals surface area contributed by atoms with Gasteiger partial charge in [0, 0.05) is 17.6 Å². The number of nitrogens with zero attached hydrogens (tertiary/aromatic N) is 1. The second kappa shape index (κ2) is 5.51. The number of benzene rings is 1. The smallest absolute Gasteiger partial charge is 0.310 e. The summed E-state index contributed by atoms with van der Waals surface area (Å²) in [6.07, 6.45) is 1.69. The maximum atomic E-state index is 11.4. The van der Waals surface area contributed by atoms with E-state index in [-0.39, 0.29) is 6.04 Å². The monoisotopic (exact) mass is 281 g/mol. The minimum Gasteiger partial charge on any atom is -0.481 e. The molecule has 2 unspecified atom stereocenters. The Morgan fingerprint density at radius 1 is 1.42 bits per heavy atom. The highest BCUT2D eigenvalue weighted by atomic mass is 35.5. The average molecular weight is 282 g/mol. The Morgan fingerprint density at radius 2 is 2.05 bits per heavy atom. The van der Waals surface area contributed by atoms with Crippen molar-refractivity contribution >= 4 is 17.6 Å². The maximum absolute atomic E-state index is 11.4. The second-order valence-corrected chi connectivity index (χ2v) is 6.10. The number of carboxylic acid groups (broad SMARTS) is 1. The fraction of sp³-hybridized carbons (Fsp3) is 0.533. The van der Waals surface area contributed by atoms with Crippen LogP contribution in [0.25, 0.3) is 0 Å². The van der Waals surface area contributed by atoms with Crippen molar-refractivity contribution in [3.8, 4) is 0 Å². The molecule has 1 N–H and O–H groups in total. The van der Waals surface area contributed by atoms with Gasteiger partial charge < -0.3 is 5.11 Å². The highest BCUT2D eigenvalue weighted by molar-refractivity contribution is 6.30. The van der Waals surface area contributed by atoms with E-state index in [0.717, 1.165) is 24.4 Å². The number of aliphatic carboxylic acids is 1. The average Bonchev–Trinajstić information content (AvgIpc) is 2.39. The number of halogens is 1. The number of hydrogen-bond acceptors (Lipinski definition) is 2. The molecule has 0 aromatic heterocycles. The minimum atomic E-state index is -0.694. The number of likely N-dealkylation sites (tertiary alicyclic amines) is 1. The van der Waals surface area contributed by atoms with Crippen LogP contribution < -0.4 is 0 Å². The molecule has 0 aliphatic carbocycles. The molecule has 0 amide bonds. The fourth-order valence-electron chi connectivity index (χ4n) is 2.74. The molecule has 0 bridgehead atoms. The summed E-state index contributed by atoms with van der Waals surface area (Å²) in [5.41, 5.74) is 0.554. The van der Waals surface area contributed by atoms with E-state index in [1.165, 1.54) is 5.56 Å². The third-order valence-electron chi connectivity index (χ3n) is 4.14. The summed E-state index contributed by atoms with van der Waals surface area (Å²) < 4.78 is 0. The van der Waals surface area contributed by atoms with E-state index < -0.39 is 11.4 Å². The summed E-state index contributed by atoms with van der Waals surface area (Å²) in [6, 6.07) is 8.01. The van der Waals surface area contributed by atoms with Crippen molar-refractivity contribution in [2.24, 2.45) is 5.41 Å². The molecule has 1 aliphatic rings. The van der Waals surface area contributed by atoms with Crippen LogP contribution in [-0.2, 0) is 4.79 Å². The van der Waals surface area contributed by atoms with Crippen molar-refractivity contribution in [1.29, 1.82) is 0 Å². The van der Waals surface area contributed by atoms with Crippen molar-refractivity contribution in [2.75, 3.05) is 13.1 Å². The van der Waals surface area contributed by atoms with Gasteiger partial charge >= 0.3 is 5.97 Å². The topological polar surface area (TPSA) is 40.5 Å². The zero-order valence-corrected chi connectivity index (χ0v) is 12.2. The zero-order chi connectivity index (χ0) is 14.0. The molecule has 3 nitrogen and oxygen atoms in total. The first kappa shape index (κ1) is 14.4. The van der Waals surface area contributed by atoms with Crippen LogP contribution >= 0.6 is 11.6 Å². The molecule has 4 heteroatoms. The van der Waals surface area contributed by atoms with Gasteiger partial charge in [-0.2, -0.15) is 0 Å². The van der Waals surface area contributed by atoms with E-state index in [1.54, 1.807) is 0 Å². The van der Waals surface area contributed by atoms with Gasteiger partial charge in [0.1, 0.15) is 0 Å². The normalized spacial score (nSPS) is 26.1. The van der Waals surface area contributed by atoms with Gasteiger partial charge in [0.15, 0.2) is 0 Å². The highest BCUT2D eigenvalue weighted by Crippen LogP contribution is 2.34. The van der Waals surface area contributed by atoms with Crippen LogP contribution in [0.4, 0.5) is 0 Å². The Labute approximate surface area is 119 Å². The van der Waals surface area contributed by atoms with Crippen molar-refractivity contribution in [3.63, 3.8) is 0 Å². The first-order valence-corrected chi connectivity index (χ1v) is 7.03. The molecule has 1 saturated heterocycles. The lowest BCUT2D eigenvalue weighted by molar-refractivity contribution is -0.151. The van der Waals surface area contributed by atoms with Gasteiger partial charge in [-0.05, 0) is 50.9 Å². The molecule has 0 saturated carbocycles. The van der Waals surface area contributed by atoms with Gasteiger partial charge in [-0.1, -0.05) is 23.7 Å². The molecule has 0 spiro atoms. The molecule has 1 aromatic rings. The molecule has 1 aliphatic heterocycles. The standard InChI is InChI=1S/C15H20ClNO2/c1-11(12-4-6-13(16)7-5-12)17-9-3-8-15(2,10-17)14(18)19/h4-7,11H,3,8-10H2,1-2H3,(H,18,19). The number of carbonyl (C=O) groups is 1. The Balaban J connectivity index is 2.13. The van der Waals surface area contributed by atoms with Gasteiger partial charge in [-0.3, -0.25) is 9.69 Å². The van der Waals surface area contributed by atoms with Gasteiger partial charge in [0.05, 0.1) is 5.41 Å². The summed E-state index contributed by atoms with van der Waals surface area (Å²) in [4.78, 5) is 13.6. The maximum Gasteiger partial charge on any atom is 0.310 e. The quantitative estimate of drug-likeness (QED) is 0.920. The van der Waals surface area contributed by atoms with E-state index in [9.17, 15) is 9.90 Å². The van der Waals surface area contributed by atoms with Crippen molar-refractivity contribution in [1.82, 2.24) is 4.90 Å². The third-order valence-corrected chi connectivity index (χ3v) is 4.39. The van der Waals surface area contributed by atoms with Gasteiger partial charge in [0.2, 0.25) is 0 Å². The van der Waals surface area contributed by atoms with Gasteiger partial charge in [0.25, 0.3) is 0 Å². The zero-order valence-electron chi connectivity index (χ0n) is 11.4. The first-order valence-electron chi connectivity index (χ1n) is 6.65. The lowest BCUT2D eigenvalue weighted by Gasteiger charge is -2.40. The summed E-state index contributed by atoms with van der Waals surface area (Å²) in [7, 11) is 0. The molecule has 0 radical (unpaired) electrons. The Hall–Kier alpha value is -1.06. The fourth-order valence-corrected chi connectivity index (χ4v) is 2.86. The van der Waals surface area contributed by atoms with Crippen LogP contribution in [0.5, 0.6) is 0 Å². The van der Waals surface area contributed by atoms with Crippen LogP contribution in [0.1, 0.15) is 38.3 Å². The summed E-state index contributed by atoms with van der Waals surface area (Å²) in [5.74, 6) is -0.694. The molecule has 19 heavy (non-hydrogen) atoms. The Bertz CT molecular complexity index is 460. The lowest BCUT2D eigenvalue weighted by atomic mass is 9.81. The molecular weight excluding hydrogens is 262 g/mol. The number of rotatable bonds is 3. The molecule has 1 heterocycles. The largest absolute Gasteiger partial charge is 0.481 e. The van der Waals surface area contributed by atoms with Gasteiger partial charge in [-0.25, -0.2) is 0 Å². The lowest BCUT2D eigenvalue weighted by Crippen LogP contribution is -2.46. The van der Waals surface area contributed by atoms with Gasteiger partial charge in [-0.15, -0.1) is 0 Å². The Morgan fingerprint density at radius 3 is 2.63 bits per heavy atom. The van der Waals surface area contributed by atoms with Crippen molar-refractivity contribution in [3.05, 3.63) is 34.9 Å². The minimum absolute atomic E-state index is 0.219. The number of carboxylic acids is 1. The molecule has 2 rings (SSSR count). The molecule has 2 atom stereocenters. The van der Waals surface area contributed by atoms with E-state index >= 15 is 0 Å². The SMILES string of the molecule is CC(c1ccc(Cl)cc1)N1CCCC(C)(C(=O)O)C1. The van der Waals surface area contributed by atoms with Crippen LogP contribution in [-0.4, -0.2) is 29.1 Å². The number of hydrogen-bond donors (Lipinski definition) is 1. The first-order chi connectivity index (χ1) is 8.92. The highest BCUT2D eigenvalue weighted by Gasteiger charge is 2.39. The van der Waals surface area contributed by atoms with E-state index in [0.29, 0.717) is 6.54 Å². The van der Waals surface area contributed by atoms with Crippen molar-refractivity contribution < 1.29 is 9.90 Å². The Kier molecular flexibility index (Phi) is 4.16. The summed E-state index contributed by atoms with van der Waals surface area (Å²) in [6.45, 7) is 5.52. The van der Waals surface area contributed by atoms with Crippen LogP contribution in [0.15, 0.2) is 24.3 Å². The van der Waals surface area contributed by atoms with E-state index in [1.807, 2.05) is 31.2 Å². The van der Waals surface area contributed by atoms with E-state index in [4.69, 9.17) is 11.6 Å². The van der Waals surface area contributed by atoms with E-state index in [2.05, 4.69) is 11.8 Å². The molecule has 1 fully saturated rings. The van der Waals surface area contributed by atoms with Crippen LogP contribution in [0.2, 0.25) is 5.02 Å². The van der Waals surface area contributed by atoms with Crippen LogP contribution in [0.3, 0.4) is 0 Å². The molecule has 104 valence electrons.